The summed E-state index contributed by atoms with van der Waals surface area (Å²) < 4.78 is 0. The minimum absolute atomic E-state index is 0.0692. The Hall–Kier alpha value is -2.83. The van der Waals surface area contributed by atoms with Crippen LogP contribution in [0.4, 0.5) is 5.69 Å². The molecule has 3 N–H and O–H groups in total. The largest absolute Gasteiger partial charge is 0.324 e. The van der Waals surface area contributed by atoms with E-state index in [0.29, 0.717) is 11.8 Å². The lowest BCUT2D eigenvalue weighted by Crippen LogP contribution is -2.61. The van der Waals surface area contributed by atoms with Crippen molar-refractivity contribution in [1.82, 2.24) is 15.8 Å². The van der Waals surface area contributed by atoms with Crippen LogP contribution in [0.3, 0.4) is 0 Å². The molecule has 1 aromatic carbocycles. The SMILES string of the molecule is CC(C)=C1N=C2NC(=O)C[C@H](C(=O)Nc3ccccc3C)N2N1. The second-order valence-electron chi connectivity index (χ2n) is 5.84. The van der Waals surface area contributed by atoms with Crippen molar-refractivity contribution in [2.45, 2.75) is 33.2 Å². The molecule has 23 heavy (non-hydrogen) atoms. The average Bonchev–Trinajstić information content (AvgIpc) is 2.92. The van der Waals surface area contributed by atoms with Gasteiger partial charge in [0.1, 0.15) is 11.9 Å². The number of hydrazine groups is 1. The zero-order valence-corrected chi connectivity index (χ0v) is 13.3. The fourth-order valence-corrected chi connectivity index (χ4v) is 2.47. The third-order valence-electron chi connectivity index (χ3n) is 3.79. The lowest BCUT2D eigenvalue weighted by molar-refractivity contribution is -0.129. The molecule has 2 aliphatic heterocycles. The summed E-state index contributed by atoms with van der Waals surface area (Å²) in [4.78, 5) is 28.8. The number of rotatable bonds is 2. The van der Waals surface area contributed by atoms with E-state index in [1.54, 1.807) is 5.01 Å². The molecule has 2 amide bonds. The van der Waals surface area contributed by atoms with E-state index in [2.05, 4.69) is 21.1 Å². The van der Waals surface area contributed by atoms with Crippen molar-refractivity contribution in [3.63, 3.8) is 0 Å². The molecule has 3 rings (SSSR count). The van der Waals surface area contributed by atoms with Gasteiger partial charge in [0.05, 0.1) is 6.42 Å². The molecule has 1 fully saturated rings. The van der Waals surface area contributed by atoms with Crippen LogP contribution in [-0.4, -0.2) is 28.8 Å². The Labute approximate surface area is 134 Å². The maximum absolute atomic E-state index is 12.6. The van der Waals surface area contributed by atoms with Gasteiger partial charge in [0.2, 0.25) is 17.8 Å². The average molecular weight is 313 g/mol. The van der Waals surface area contributed by atoms with E-state index in [1.807, 2.05) is 45.0 Å². The number of allylic oxidation sites excluding steroid dienone is 1. The van der Waals surface area contributed by atoms with Crippen LogP contribution in [0, 0.1) is 6.92 Å². The highest BCUT2D eigenvalue weighted by molar-refractivity contribution is 6.07. The standard InChI is InChI=1S/C16H19N5O2/c1-9(2)14-19-16-18-13(22)8-12(21(16)20-14)15(23)17-11-7-5-4-6-10(11)3/h4-7,12,20H,8H2,1-3H3,(H,17,23)(H,18,19,22)/t12-/m1/s1. The Morgan fingerprint density at radius 1 is 1.35 bits per heavy atom. The van der Waals surface area contributed by atoms with Crippen LogP contribution >= 0.6 is 0 Å². The minimum atomic E-state index is -0.654. The van der Waals surface area contributed by atoms with Crippen molar-refractivity contribution >= 4 is 23.5 Å². The van der Waals surface area contributed by atoms with Gasteiger partial charge >= 0.3 is 0 Å². The predicted molar refractivity (Wildman–Crippen MR) is 87.1 cm³/mol. The zero-order valence-electron chi connectivity index (χ0n) is 13.3. The van der Waals surface area contributed by atoms with Gasteiger partial charge in [-0.05, 0) is 38.0 Å². The number of carbonyl (C=O) groups is 2. The Bertz CT molecular complexity index is 734. The van der Waals surface area contributed by atoms with Crippen LogP contribution < -0.4 is 16.1 Å². The highest BCUT2D eigenvalue weighted by Crippen LogP contribution is 2.20. The summed E-state index contributed by atoms with van der Waals surface area (Å²) in [6, 6.07) is 6.87. The van der Waals surface area contributed by atoms with Gasteiger partial charge in [-0.15, -0.1) is 0 Å². The highest BCUT2D eigenvalue weighted by Gasteiger charge is 2.39. The van der Waals surface area contributed by atoms with Gasteiger partial charge in [-0.1, -0.05) is 18.2 Å². The molecule has 7 nitrogen and oxygen atoms in total. The van der Waals surface area contributed by atoms with Crippen molar-refractivity contribution < 1.29 is 9.59 Å². The molecule has 0 unspecified atom stereocenters. The van der Waals surface area contributed by atoms with E-state index in [1.165, 1.54) is 0 Å². The number of nitrogens with zero attached hydrogens (tertiary/aromatic N) is 2. The first-order valence-electron chi connectivity index (χ1n) is 7.44. The highest BCUT2D eigenvalue weighted by atomic mass is 16.2. The zero-order chi connectivity index (χ0) is 16.6. The third kappa shape index (κ3) is 2.90. The molecule has 0 saturated carbocycles. The topological polar surface area (TPSA) is 85.8 Å². The van der Waals surface area contributed by atoms with Crippen LogP contribution in [0.5, 0.6) is 0 Å². The fourth-order valence-electron chi connectivity index (χ4n) is 2.47. The number of aliphatic imine (C=N–C) groups is 1. The Morgan fingerprint density at radius 2 is 2.09 bits per heavy atom. The lowest BCUT2D eigenvalue weighted by Gasteiger charge is -2.32. The molecule has 2 heterocycles. The molecule has 1 atom stereocenters. The van der Waals surface area contributed by atoms with Crippen LogP contribution in [0.2, 0.25) is 0 Å². The van der Waals surface area contributed by atoms with E-state index >= 15 is 0 Å². The van der Waals surface area contributed by atoms with Crippen LogP contribution in [-0.2, 0) is 9.59 Å². The third-order valence-corrected chi connectivity index (χ3v) is 3.79. The maximum atomic E-state index is 12.6. The van der Waals surface area contributed by atoms with Gasteiger partial charge in [-0.3, -0.25) is 20.3 Å². The smallest absolute Gasteiger partial charge is 0.249 e. The summed E-state index contributed by atoms with van der Waals surface area (Å²) in [6.07, 6.45) is 0.0692. The van der Waals surface area contributed by atoms with E-state index in [9.17, 15) is 9.59 Å². The van der Waals surface area contributed by atoms with E-state index in [0.717, 1.165) is 16.8 Å². The summed E-state index contributed by atoms with van der Waals surface area (Å²) in [6.45, 7) is 5.75. The quantitative estimate of drug-likeness (QED) is 0.767. The number of carbonyl (C=O) groups excluding carboxylic acids is 2. The molecule has 0 aromatic heterocycles. The first-order valence-corrected chi connectivity index (χ1v) is 7.44. The second kappa shape index (κ2) is 5.75. The van der Waals surface area contributed by atoms with Crippen molar-refractivity contribution in [1.29, 1.82) is 0 Å². The number of nitrogens with one attached hydrogen (secondary N) is 3. The summed E-state index contributed by atoms with van der Waals surface area (Å²) >= 11 is 0. The number of amides is 2. The van der Waals surface area contributed by atoms with Gasteiger partial charge in [-0.2, -0.15) is 4.99 Å². The van der Waals surface area contributed by atoms with Gasteiger partial charge in [0, 0.05) is 5.69 Å². The van der Waals surface area contributed by atoms with Crippen molar-refractivity contribution in [3.8, 4) is 0 Å². The van der Waals surface area contributed by atoms with Crippen LogP contribution in [0.1, 0.15) is 25.8 Å². The Morgan fingerprint density at radius 3 is 2.78 bits per heavy atom. The van der Waals surface area contributed by atoms with Crippen molar-refractivity contribution in [2.24, 2.45) is 4.99 Å². The summed E-state index contributed by atoms with van der Waals surface area (Å²) in [5, 5.41) is 7.18. The second-order valence-corrected chi connectivity index (χ2v) is 5.84. The monoisotopic (exact) mass is 313 g/mol. The molecule has 0 radical (unpaired) electrons. The van der Waals surface area contributed by atoms with Crippen molar-refractivity contribution in [3.05, 3.63) is 41.2 Å². The minimum Gasteiger partial charge on any atom is -0.324 e. The molecule has 0 aliphatic carbocycles. The summed E-state index contributed by atoms with van der Waals surface area (Å²) in [5.74, 6) is 0.546. The van der Waals surface area contributed by atoms with Gasteiger partial charge in [0.15, 0.2) is 0 Å². The Kier molecular flexibility index (Phi) is 3.77. The van der Waals surface area contributed by atoms with Gasteiger partial charge < -0.3 is 5.32 Å². The number of fused-ring (bicyclic) bond motifs is 1. The molecule has 7 heteroatoms. The summed E-state index contributed by atoms with van der Waals surface area (Å²) in [5.41, 5.74) is 5.76. The molecule has 1 saturated heterocycles. The lowest BCUT2D eigenvalue weighted by atomic mass is 10.1. The Balaban J connectivity index is 1.83. The van der Waals surface area contributed by atoms with E-state index in [4.69, 9.17) is 0 Å². The van der Waals surface area contributed by atoms with E-state index in [-0.39, 0.29) is 18.2 Å². The number of aryl methyl sites for hydroxylation is 1. The number of guanidine groups is 1. The van der Waals surface area contributed by atoms with Crippen LogP contribution in [0.25, 0.3) is 0 Å². The molecule has 0 bridgehead atoms. The predicted octanol–water partition coefficient (Wildman–Crippen LogP) is 1.25. The number of benzene rings is 1. The number of hydrogen-bond acceptors (Lipinski definition) is 5. The number of para-hydroxylation sites is 1. The first kappa shape index (κ1) is 15.1. The number of anilines is 1. The van der Waals surface area contributed by atoms with Gasteiger partial charge in [-0.25, -0.2) is 5.01 Å². The normalized spacial score (nSPS) is 19.5. The van der Waals surface area contributed by atoms with E-state index < -0.39 is 6.04 Å². The molecule has 0 spiro atoms. The van der Waals surface area contributed by atoms with Crippen LogP contribution in [0.15, 0.2) is 40.7 Å². The van der Waals surface area contributed by atoms with Crippen molar-refractivity contribution in [2.75, 3.05) is 5.32 Å². The number of hydrogen-bond donors (Lipinski definition) is 3. The molecule has 1 aromatic rings. The molecule has 2 aliphatic rings. The molecule has 120 valence electrons. The molecular formula is C16H19N5O2. The molecular weight excluding hydrogens is 294 g/mol. The van der Waals surface area contributed by atoms with Gasteiger partial charge in [0.25, 0.3) is 0 Å². The first-order chi connectivity index (χ1) is 11.0. The fraction of sp³-hybridized carbons (Fsp3) is 0.312. The maximum Gasteiger partial charge on any atom is 0.249 e. The summed E-state index contributed by atoms with van der Waals surface area (Å²) in [7, 11) is 0.